The fourth-order valence-electron chi connectivity index (χ4n) is 4.42. The van der Waals surface area contributed by atoms with Gasteiger partial charge in [-0.15, -0.1) is 0 Å². The first-order valence-electron chi connectivity index (χ1n) is 7.30. The molecule has 2 heteroatoms. The van der Waals surface area contributed by atoms with E-state index in [4.69, 9.17) is 9.47 Å². The van der Waals surface area contributed by atoms with Crippen molar-refractivity contribution in [1.82, 2.24) is 0 Å². The van der Waals surface area contributed by atoms with E-state index >= 15 is 0 Å². The summed E-state index contributed by atoms with van der Waals surface area (Å²) in [6.45, 7) is 9.77. The van der Waals surface area contributed by atoms with Crippen LogP contribution in [-0.2, 0) is 14.9 Å². The van der Waals surface area contributed by atoms with Crippen LogP contribution in [0.2, 0.25) is 0 Å². The summed E-state index contributed by atoms with van der Waals surface area (Å²) in [6, 6.07) is 10.7. The zero-order chi connectivity index (χ0) is 14.2. The molecule has 1 aromatic carbocycles. The van der Waals surface area contributed by atoms with Crippen LogP contribution in [-0.4, -0.2) is 12.2 Å². The van der Waals surface area contributed by atoms with E-state index in [2.05, 4.69) is 50.4 Å². The smallest absolute Gasteiger partial charge is 0.110 e. The SMILES string of the molecule is C=COC1CC2CC1C(C)(c1ccccc1)C2OC=C. The molecule has 2 fully saturated rings. The maximum absolute atomic E-state index is 5.92. The molecule has 1 aromatic rings. The van der Waals surface area contributed by atoms with E-state index in [1.165, 1.54) is 5.56 Å². The lowest BCUT2D eigenvalue weighted by Crippen LogP contribution is -2.48. The molecule has 5 unspecified atom stereocenters. The van der Waals surface area contributed by atoms with Gasteiger partial charge in [-0.3, -0.25) is 0 Å². The van der Waals surface area contributed by atoms with E-state index in [-0.39, 0.29) is 17.6 Å². The van der Waals surface area contributed by atoms with Gasteiger partial charge in [0.15, 0.2) is 0 Å². The highest BCUT2D eigenvalue weighted by Gasteiger charge is 2.62. The van der Waals surface area contributed by atoms with Crippen molar-refractivity contribution in [2.75, 3.05) is 0 Å². The summed E-state index contributed by atoms with van der Waals surface area (Å²) in [5.41, 5.74) is 1.31. The van der Waals surface area contributed by atoms with Crippen LogP contribution < -0.4 is 0 Å². The van der Waals surface area contributed by atoms with Gasteiger partial charge in [0.1, 0.15) is 12.2 Å². The Labute approximate surface area is 121 Å². The van der Waals surface area contributed by atoms with Crippen LogP contribution in [0, 0.1) is 11.8 Å². The Morgan fingerprint density at radius 1 is 1.10 bits per heavy atom. The Hall–Kier alpha value is -1.70. The second-order valence-corrected chi connectivity index (χ2v) is 6.05. The number of hydrogen-bond donors (Lipinski definition) is 0. The van der Waals surface area contributed by atoms with E-state index in [0.29, 0.717) is 11.8 Å². The normalized spacial score (nSPS) is 38.5. The first-order valence-corrected chi connectivity index (χ1v) is 7.30. The number of fused-ring (bicyclic) bond motifs is 2. The Morgan fingerprint density at radius 2 is 1.80 bits per heavy atom. The Morgan fingerprint density at radius 3 is 2.45 bits per heavy atom. The van der Waals surface area contributed by atoms with Gasteiger partial charge >= 0.3 is 0 Å². The van der Waals surface area contributed by atoms with Crippen LogP contribution in [0.4, 0.5) is 0 Å². The van der Waals surface area contributed by atoms with E-state index < -0.39 is 0 Å². The van der Waals surface area contributed by atoms with Gasteiger partial charge in [0, 0.05) is 17.3 Å². The predicted octanol–water partition coefficient (Wildman–Crippen LogP) is 4.04. The number of hydrogen-bond acceptors (Lipinski definition) is 2. The lowest BCUT2D eigenvalue weighted by molar-refractivity contribution is -0.0296. The van der Waals surface area contributed by atoms with Crippen molar-refractivity contribution in [1.29, 1.82) is 0 Å². The zero-order valence-electron chi connectivity index (χ0n) is 12.0. The number of benzene rings is 1. The van der Waals surface area contributed by atoms with Crippen molar-refractivity contribution in [3.8, 4) is 0 Å². The molecule has 0 saturated heterocycles. The molecule has 0 spiro atoms. The predicted molar refractivity (Wildman–Crippen MR) is 80.1 cm³/mol. The van der Waals surface area contributed by atoms with E-state index in [1.807, 2.05) is 0 Å². The highest BCUT2D eigenvalue weighted by molar-refractivity contribution is 5.32. The molecule has 2 bridgehead atoms. The van der Waals surface area contributed by atoms with E-state index in [1.54, 1.807) is 12.5 Å². The van der Waals surface area contributed by atoms with Gasteiger partial charge in [-0.25, -0.2) is 0 Å². The van der Waals surface area contributed by atoms with Crippen molar-refractivity contribution in [3.63, 3.8) is 0 Å². The first kappa shape index (κ1) is 13.3. The van der Waals surface area contributed by atoms with Crippen LogP contribution in [0.15, 0.2) is 56.0 Å². The molecule has 2 aliphatic rings. The molecule has 0 aromatic heterocycles. The summed E-state index contributed by atoms with van der Waals surface area (Å²) in [7, 11) is 0. The molecule has 0 radical (unpaired) electrons. The summed E-state index contributed by atoms with van der Waals surface area (Å²) in [5, 5.41) is 0. The summed E-state index contributed by atoms with van der Waals surface area (Å²) in [6.07, 6.45) is 5.83. The lowest BCUT2D eigenvalue weighted by Gasteiger charge is -2.43. The highest BCUT2D eigenvalue weighted by Crippen LogP contribution is 2.58. The molecule has 0 heterocycles. The quantitative estimate of drug-likeness (QED) is 0.752. The number of rotatable bonds is 5. The average molecular weight is 270 g/mol. The van der Waals surface area contributed by atoms with Gasteiger partial charge in [0.25, 0.3) is 0 Å². The van der Waals surface area contributed by atoms with Crippen LogP contribution in [0.1, 0.15) is 25.3 Å². The second kappa shape index (κ2) is 5.01. The minimum Gasteiger partial charge on any atom is -0.498 e. The molecule has 0 aliphatic heterocycles. The van der Waals surface area contributed by atoms with Crippen LogP contribution in [0.3, 0.4) is 0 Å². The van der Waals surface area contributed by atoms with Crippen molar-refractivity contribution in [2.45, 2.75) is 37.4 Å². The molecule has 5 atom stereocenters. The van der Waals surface area contributed by atoms with E-state index in [0.717, 1.165) is 12.8 Å². The lowest BCUT2D eigenvalue weighted by atomic mass is 9.67. The summed E-state index contributed by atoms with van der Waals surface area (Å²) in [4.78, 5) is 0. The van der Waals surface area contributed by atoms with Crippen LogP contribution in [0.25, 0.3) is 0 Å². The number of ether oxygens (including phenoxy) is 2. The Kier molecular flexibility index (Phi) is 3.33. The van der Waals surface area contributed by atoms with Gasteiger partial charge in [-0.2, -0.15) is 0 Å². The van der Waals surface area contributed by atoms with Crippen molar-refractivity contribution in [2.24, 2.45) is 11.8 Å². The van der Waals surface area contributed by atoms with Gasteiger partial charge in [0.2, 0.25) is 0 Å². The fourth-order valence-corrected chi connectivity index (χ4v) is 4.42. The zero-order valence-corrected chi connectivity index (χ0v) is 12.0. The maximum atomic E-state index is 5.92. The molecule has 106 valence electrons. The van der Waals surface area contributed by atoms with Crippen molar-refractivity contribution < 1.29 is 9.47 Å². The molecular formula is C18H22O2. The molecule has 2 nitrogen and oxygen atoms in total. The largest absolute Gasteiger partial charge is 0.498 e. The molecular weight excluding hydrogens is 248 g/mol. The third-order valence-corrected chi connectivity index (χ3v) is 5.24. The monoisotopic (exact) mass is 270 g/mol. The Bertz CT molecular complexity index is 495. The standard InChI is InChI=1S/C18H22O2/c1-4-19-16-12-13-11-15(16)18(3,17(13)20-5-2)14-9-7-6-8-10-14/h4-10,13,15-17H,1-2,11-12H2,3H3. The molecule has 20 heavy (non-hydrogen) atoms. The molecule has 0 N–H and O–H groups in total. The third kappa shape index (κ3) is 1.78. The van der Waals surface area contributed by atoms with Gasteiger partial charge in [-0.05, 0) is 18.4 Å². The topological polar surface area (TPSA) is 18.5 Å². The third-order valence-electron chi connectivity index (χ3n) is 5.24. The Balaban J connectivity index is 2.00. The summed E-state index contributed by atoms with van der Waals surface area (Å²) < 4.78 is 11.7. The van der Waals surface area contributed by atoms with Gasteiger partial charge in [-0.1, -0.05) is 50.4 Å². The maximum Gasteiger partial charge on any atom is 0.110 e. The molecule has 2 saturated carbocycles. The first-order chi connectivity index (χ1) is 9.71. The van der Waals surface area contributed by atoms with Gasteiger partial charge < -0.3 is 9.47 Å². The minimum absolute atomic E-state index is 0.0218. The van der Waals surface area contributed by atoms with E-state index in [9.17, 15) is 0 Å². The second-order valence-electron chi connectivity index (χ2n) is 6.05. The summed E-state index contributed by atoms with van der Waals surface area (Å²) in [5.74, 6) is 1.01. The fraction of sp³-hybridized carbons (Fsp3) is 0.444. The van der Waals surface area contributed by atoms with Crippen molar-refractivity contribution >= 4 is 0 Å². The average Bonchev–Trinajstić information content (AvgIpc) is 3.00. The van der Waals surface area contributed by atoms with Crippen LogP contribution >= 0.6 is 0 Å². The molecule has 0 amide bonds. The molecule has 2 aliphatic carbocycles. The summed E-state index contributed by atoms with van der Waals surface area (Å²) >= 11 is 0. The van der Waals surface area contributed by atoms with Gasteiger partial charge in [0.05, 0.1) is 12.5 Å². The van der Waals surface area contributed by atoms with Crippen LogP contribution in [0.5, 0.6) is 0 Å². The molecule has 3 rings (SSSR count). The van der Waals surface area contributed by atoms with Crippen molar-refractivity contribution in [3.05, 3.63) is 61.6 Å². The highest BCUT2D eigenvalue weighted by atomic mass is 16.5. The minimum atomic E-state index is -0.0218.